The van der Waals surface area contributed by atoms with Crippen molar-refractivity contribution in [3.05, 3.63) is 29.6 Å². The molecule has 1 rings (SSSR count). The highest BCUT2D eigenvalue weighted by Crippen LogP contribution is 1.97. The lowest BCUT2D eigenvalue weighted by atomic mass is 10.2. The molecule has 1 aromatic rings. The number of carbonyl (C=O) groups is 1. The van der Waals surface area contributed by atoms with Gasteiger partial charge in [-0.25, -0.2) is 0 Å². The van der Waals surface area contributed by atoms with Crippen LogP contribution in [0.15, 0.2) is 18.3 Å². The van der Waals surface area contributed by atoms with Gasteiger partial charge in [-0.1, -0.05) is 0 Å². The molecule has 52 valence electrons. The van der Waals surface area contributed by atoms with Crippen LogP contribution in [0.25, 0.3) is 0 Å². The Morgan fingerprint density at radius 1 is 1.70 bits per heavy atom. The molecule has 0 saturated carbocycles. The van der Waals surface area contributed by atoms with Gasteiger partial charge in [0.15, 0.2) is 0 Å². The Balaban J connectivity index is 3.07. The molecule has 0 aliphatic heterocycles. The van der Waals surface area contributed by atoms with Crippen molar-refractivity contribution in [1.82, 2.24) is 4.98 Å². The van der Waals surface area contributed by atoms with Crippen molar-refractivity contribution >= 4 is 5.91 Å². The Kier molecular flexibility index (Phi) is 1.67. The number of nitrogens with zero attached hydrogens (tertiary/aromatic N) is 1. The second-order valence-corrected chi connectivity index (χ2v) is 2.05. The molecule has 0 fully saturated rings. The number of aromatic nitrogens is 1. The normalized spacial score (nSPS) is 9.30. The van der Waals surface area contributed by atoms with Gasteiger partial charge in [0.05, 0.1) is 0 Å². The summed E-state index contributed by atoms with van der Waals surface area (Å²) in [5.41, 5.74) is 6.32. The third-order valence-corrected chi connectivity index (χ3v) is 1.18. The number of pyridine rings is 1. The highest BCUT2D eigenvalue weighted by atomic mass is 16.1. The van der Waals surface area contributed by atoms with Gasteiger partial charge < -0.3 is 5.73 Å². The lowest BCUT2D eigenvalue weighted by Gasteiger charge is -1.93. The zero-order valence-electron chi connectivity index (χ0n) is 5.66. The lowest BCUT2D eigenvalue weighted by molar-refractivity contribution is 0.1000. The van der Waals surface area contributed by atoms with Gasteiger partial charge in [-0.2, -0.15) is 0 Å². The molecule has 0 bridgehead atoms. The summed E-state index contributed by atoms with van der Waals surface area (Å²) in [5.74, 6) is -0.412. The van der Waals surface area contributed by atoms with E-state index in [4.69, 9.17) is 5.73 Å². The summed E-state index contributed by atoms with van der Waals surface area (Å²) in [6.45, 7) is 1.81. The molecule has 0 aliphatic rings. The molecule has 0 saturated heterocycles. The monoisotopic (exact) mass is 136 g/mol. The maximum atomic E-state index is 10.5. The standard InChI is InChI=1S/C7H8N2O/c1-5-4-6(7(8)10)2-3-9-5/h2-4H,1H3,(H2,8,10). The van der Waals surface area contributed by atoms with E-state index in [1.54, 1.807) is 18.3 Å². The van der Waals surface area contributed by atoms with E-state index < -0.39 is 5.91 Å². The molecule has 0 radical (unpaired) electrons. The van der Waals surface area contributed by atoms with E-state index in [0.29, 0.717) is 5.56 Å². The molecule has 0 spiro atoms. The number of aryl methyl sites for hydroxylation is 1. The van der Waals surface area contributed by atoms with E-state index in [-0.39, 0.29) is 0 Å². The SMILES string of the molecule is Cc1cc(C(N)=O)ccn1. The van der Waals surface area contributed by atoms with Crippen LogP contribution in [0.3, 0.4) is 0 Å². The van der Waals surface area contributed by atoms with Crippen LogP contribution in [-0.4, -0.2) is 10.9 Å². The van der Waals surface area contributed by atoms with Crippen molar-refractivity contribution < 1.29 is 4.79 Å². The van der Waals surface area contributed by atoms with Crippen LogP contribution < -0.4 is 5.73 Å². The van der Waals surface area contributed by atoms with Gasteiger partial charge in [0.2, 0.25) is 5.91 Å². The van der Waals surface area contributed by atoms with Gasteiger partial charge >= 0.3 is 0 Å². The number of hydrogen-bond donors (Lipinski definition) is 1. The lowest BCUT2D eigenvalue weighted by Crippen LogP contribution is -2.10. The first-order valence-electron chi connectivity index (χ1n) is 2.92. The van der Waals surface area contributed by atoms with Gasteiger partial charge in [0, 0.05) is 17.5 Å². The van der Waals surface area contributed by atoms with E-state index in [1.165, 1.54) is 0 Å². The van der Waals surface area contributed by atoms with Crippen molar-refractivity contribution in [3.63, 3.8) is 0 Å². The minimum absolute atomic E-state index is 0.412. The fourth-order valence-corrected chi connectivity index (χ4v) is 0.699. The number of amides is 1. The average Bonchev–Trinajstić information content (AvgIpc) is 1.88. The molecular formula is C7H8N2O. The fraction of sp³-hybridized carbons (Fsp3) is 0.143. The van der Waals surface area contributed by atoms with E-state index in [2.05, 4.69) is 4.98 Å². The van der Waals surface area contributed by atoms with Gasteiger partial charge in [-0.3, -0.25) is 9.78 Å². The maximum absolute atomic E-state index is 10.5. The Morgan fingerprint density at radius 3 is 2.80 bits per heavy atom. The summed E-state index contributed by atoms with van der Waals surface area (Å²) in [6.07, 6.45) is 1.56. The molecule has 3 heteroatoms. The highest BCUT2D eigenvalue weighted by molar-refractivity contribution is 5.92. The first kappa shape index (κ1) is 6.74. The Morgan fingerprint density at radius 2 is 2.40 bits per heavy atom. The number of nitrogens with two attached hydrogens (primary N) is 1. The maximum Gasteiger partial charge on any atom is 0.248 e. The van der Waals surface area contributed by atoms with Crippen molar-refractivity contribution in [2.75, 3.05) is 0 Å². The van der Waals surface area contributed by atoms with Crippen LogP contribution in [0.1, 0.15) is 16.1 Å². The van der Waals surface area contributed by atoms with Crippen LogP contribution in [0.4, 0.5) is 0 Å². The van der Waals surface area contributed by atoms with Crippen LogP contribution in [-0.2, 0) is 0 Å². The summed E-state index contributed by atoms with van der Waals surface area (Å²) in [5, 5.41) is 0. The van der Waals surface area contributed by atoms with Crippen molar-refractivity contribution in [1.29, 1.82) is 0 Å². The molecular weight excluding hydrogens is 128 g/mol. The molecule has 1 amide bonds. The quantitative estimate of drug-likeness (QED) is 0.610. The molecule has 0 aliphatic carbocycles. The second kappa shape index (κ2) is 2.47. The van der Waals surface area contributed by atoms with Gasteiger partial charge in [0.25, 0.3) is 0 Å². The van der Waals surface area contributed by atoms with E-state index in [1.807, 2.05) is 6.92 Å². The topological polar surface area (TPSA) is 56.0 Å². The predicted molar refractivity (Wildman–Crippen MR) is 37.5 cm³/mol. The van der Waals surface area contributed by atoms with Crippen LogP contribution in [0.5, 0.6) is 0 Å². The Labute approximate surface area is 58.9 Å². The summed E-state index contributed by atoms with van der Waals surface area (Å²) in [6, 6.07) is 3.25. The molecule has 2 N–H and O–H groups in total. The smallest absolute Gasteiger partial charge is 0.248 e. The molecule has 0 aromatic carbocycles. The third kappa shape index (κ3) is 1.31. The molecule has 0 atom stereocenters. The largest absolute Gasteiger partial charge is 0.366 e. The van der Waals surface area contributed by atoms with E-state index in [9.17, 15) is 4.79 Å². The first-order valence-corrected chi connectivity index (χ1v) is 2.92. The Bertz CT molecular complexity index is 258. The van der Waals surface area contributed by atoms with Crippen LogP contribution >= 0.6 is 0 Å². The van der Waals surface area contributed by atoms with Crippen molar-refractivity contribution in [2.45, 2.75) is 6.92 Å². The molecule has 0 unspecified atom stereocenters. The molecule has 1 heterocycles. The second-order valence-electron chi connectivity index (χ2n) is 2.05. The van der Waals surface area contributed by atoms with Crippen molar-refractivity contribution in [3.8, 4) is 0 Å². The minimum atomic E-state index is -0.412. The zero-order chi connectivity index (χ0) is 7.56. The van der Waals surface area contributed by atoms with E-state index >= 15 is 0 Å². The Hall–Kier alpha value is -1.38. The summed E-state index contributed by atoms with van der Waals surface area (Å²) in [7, 11) is 0. The zero-order valence-corrected chi connectivity index (χ0v) is 5.66. The fourth-order valence-electron chi connectivity index (χ4n) is 0.699. The molecule has 3 nitrogen and oxygen atoms in total. The van der Waals surface area contributed by atoms with Gasteiger partial charge in [-0.15, -0.1) is 0 Å². The number of rotatable bonds is 1. The summed E-state index contributed by atoms with van der Waals surface area (Å²) >= 11 is 0. The average molecular weight is 136 g/mol. The van der Waals surface area contributed by atoms with Gasteiger partial charge in [0.1, 0.15) is 0 Å². The predicted octanol–water partition coefficient (Wildman–Crippen LogP) is 0.489. The summed E-state index contributed by atoms with van der Waals surface area (Å²) in [4.78, 5) is 14.5. The molecule has 1 aromatic heterocycles. The van der Waals surface area contributed by atoms with Crippen LogP contribution in [0, 0.1) is 6.92 Å². The number of hydrogen-bond acceptors (Lipinski definition) is 2. The number of primary amides is 1. The van der Waals surface area contributed by atoms with Crippen molar-refractivity contribution in [2.24, 2.45) is 5.73 Å². The third-order valence-electron chi connectivity index (χ3n) is 1.18. The van der Waals surface area contributed by atoms with Crippen LogP contribution in [0.2, 0.25) is 0 Å². The summed E-state index contributed by atoms with van der Waals surface area (Å²) < 4.78 is 0. The minimum Gasteiger partial charge on any atom is -0.366 e. The number of carbonyl (C=O) groups excluding carboxylic acids is 1. The van der Waals surface area contributed by atoms with Gasteiger partial charge in [-0.05, 0) is 19.1 Å². The molecule has 10 heavy (non-hydrogen) atoms. The van der Waals surface area contributed by atoms with E-state index in [0.717, 1.165) is 5.69 Å². The highest BCUT2D eigenvalue weighted by Gasteiger charge is 1.97. The first-order chi connectivity index (χ1) is 4.70.